The predicted molar refractivity (Wildman–Crippen MR) is 129 cm³/mol. The molecule has 2 aromatic rings. The van der Waals surface area contributed by atoms with Gasteiger partial charge in [-0.15, -0.1) is 11.3 Å². The molecule has 0 saturated heterocycles. The Balaban J connectivity index is 2.04. The Hall–Kier alpha value is -2.84. The number of likely N-dealkylation sites (N-methyl/N-ethyl adjacent to an activating group) is 1. The van der Waals surface area contributed by atoms with E-state index >= 15 is 0 Å². The number of benzene rings is 1. The largest absolute Gasteiger partial charge is 0.503 e. The summed E-state index contributed by atoms with van der Waals surface area (Å²) in [5.41, 5.74) is 0.791. The van der Waals surface area contributed by atoms with Gasteiger partial charge in [0.1, 0.15) is 0 Å². The highest BCUT2D eigenvalue weighted by molar-refractivity contribution is 7.12. The van der Waals surface area contributed by atoms with E-state index in [4.69, 9.17) is 9.47 Å². The molecule has 1 aromatic heterocycles. The van der Waals surface area contributed by atoms with Gasteiger partial charge in [0.05, 0.1) is 30.2 Å². The first-order valence-corrected chi connectivity index (χ1v) is 12.2. The Bertz CT molecular complexity index is 998. The molecule has 1 aromatic carbocycles. The van der Waals surface area contributed by atoms with E-state index in [1.54, 1.807) is 41.7 Å². The van der Waals surface area contributed by atoms with E-state index in [2.05, 4.69) is 18.7 Å². The zero-order chi connectivity index (χ0) is 24.0. The van der Waals surface area contributed by atoms with Gasteiger partial charge in [-0.1, -0.05) is 32.9 Å². The number of methoxy groups -OCH3 is 1. The molecule has 0 radical (unpaired) electrons. The molecule has 1 amide bonds. The van der Waals surface area contributed by atoms with Crippen LogP contribution in [0.5, 0.6) is 11.5 Å². The Labute approximate surface area is 199 Å². The minimum atomic E-state index is -0.711. The number of hydrogen-bond donors (Lipinski definition) is 1. The molecule has 0 saturated carbocycles. The Kier molecular flexibility index (Phi) is 8.52. The average Bonchev–Trinajstić information content (AvgIpc) is 3.46. The van der Waals surface area contributed by atoms with E-state index in [-0.39, 0.29) is 11.4 Å². The van der Waals surface area contributed by atoms with Crippen LogP contribution in [0.3, 0.4) is 0 Å². The molecule has 0 unspecified atom stereocenters. The molecule has 178 valence electrons. The molecule has 33 heavy (non-hydrogen) atoms. The molecule has 1 aliphatic rings. The number of carbonyl (C=O) groups excluding carboxylic acids is 2. The van der Waals surface area contributed by atoms with Crippen molar-refractivity contribution in [2.45, 2.75) is 33.2 Å². The maximum Gasteiger partial charge on any atom is 0.290 e. The zero-order valence-electron chi connectivity index (χ0n) is 19.7. The van der Waals surface area contributed by atoms with Crippen LogP contribution in [-0.2, 0) is 4.79 Å². The molecule has 1 aliphatic heterocycles. The second-order valence-corrected chi connectivity index (χ2v) is 8.70. The lowest BCUT2D eigenvalue weighted by Crippen LogP contribution is -2.38. The molecule has 8 heteroatoms. The monoisotopic (exact) mass is 472 g/mol. The van der Waals surface area contributed by atoms with Gasteiger partial charge in [0.2, 0.25) is 5.78 Å². The molecular weight excluding hydrogens is 440 g/mol. The van der Waals surface area contributed by atoms with Crippen LogP contribution < -0.4 is 9.47 Å². The van der Waals surface area contributed by atoms with Crippen molar-refractivity contribution < 1.29 is 24.2 Å². The number of amides is 1. The van der Waals surface area contributed by atoms with Crippen LogP contribution in [0.2, 0.25) is 0 Å². The van der Waals surface area contributed by atoms with E-state index in [0.29, 0.717) is 41.6 Å². The summed E-state index contributed by atoms with van der Waals surface area (Å²) in [6.07, 6.45) is 0.858. The second-order valence-electron chi connectivity index (χ2n) is 7.76. The van der Waals surface area contributed by atoms with Crippen molar-refractivity contribution in [2.24, 2.45) is 0 Å². The third kappa shape index (κ3) is 5.23. The summed E-state index contributed by atoms with van der Waals surface area (Å²) in [5.74, 6) is -0.232. The van der Waals surface area contributed by atoms with Crippen molar-refractivity contribution in [1.29, 1.82) is 0 Å². The van der Waals surface area contributed by atoms with Gasteiger partial charge in [-0.05, 0) is 48.7 Å². The molecule has 0 fully saturated rings. The molecule has 2 heterocycles. The first-order chi connectivity index (χ1) is 16.0. The standard InChI is InChI=1S/C25H32N2O5S/c1-5-14-32-18-11-10-17(16-19(18)31-4)22-21(23(28)20-9-8-15-33-20)24(29)25(30)27(22)13-12-26(6-2)7-3/h8-11,15-16,22,29H,5-7,12-14H2,1-4H3/t22-/m0/s1. The Morgan fingerprint density at radius 1 is 1.18 bits per heavy atom. The molecule has 0 aliphatic carbocycles. The highest BCUT2D eigenvalue weighted by Gasteiger charge is 2.44. The number of ether oxygens (including phenoxy) is 2. The SMILES string of the molecule is CCCOc1ccc([C@H]2C(C(=O)c3cccs3)=C(O)C(=O)N2CCN(CC)CC)cc1OC. The summed E-state index contributed by atoms with van der Waals surface area (Å²) in [5, 5.41) is 12.6. The topological polar surface area (TPSA) is 79.3 Å². The summed E-state index contributed by atoms with van der Waals surface area (Å²) in [6, 6.07) is 8.18. The lowest BCUT2D eigenvalue weighted by molar-refractivity contribution is -0.129. The van der Waals surface area contributed by atoms with Crippen LogP contribution in [-0.4, -0.2) is 66.5 Å². The number of ketones is 1. The van der Waals surface area contributed by atoms with Gasteiger partial charge in [0, 0.05) is 13.1 Å². The number of aliphatic hydroxyl groups is 1. The third-order valence-electron chi connectivity index (χ3n) is 5.81. The fourth-order valence-corrected chi connectivity index (χ4v) is 4.66. The van der Waals surface area contributed by atoms with Crippen LogP contribution in [0, 0.1) is 0 Å². The number of hydrogen-bond acceptors (Lipinski definition) is 7. The Morgan fingerprint density at radius 2 is 1.94 bits per heavy atom. The van der Waals surface area contributed by atoms with Crippen molar-refractivity contribution >= 4 is 23.0 Å². The molecule has 7 nitrogen and oxygen atoms in total. The van der Waals surface area contributed by atoms with E-state index in [1.165, 1.54) is 11.3 Å². The molecular formula is C25H32N2O5S. The lowest BCUT2D eigenvalue weighted by atomic mass is 9.95. The minimum Gasteiger partial charge on any atom is -0.503 e. The second kappa shape index (κ2) is 11.3. The summed E-state index contributed by atoms with van der Waals surface area (Å²) in [6.45, 7) is 9.42. The minimum absolute atomic E-state index is 0.103. The Morgan fingerprint density at radius 3 is 2.55 bits per heavy atom. The summed E-state index contributed by atoms with van der Waals surface area (Å²) in [4.78, 5) is 30.7. The van der Waals surface area contributed by atoms with Gasteiger partial charge in [-0.3, -0.25) is 9.59 Å². The van der Waals surface area contributed by atoms with Crippen LogP contribution in [0.1, 0.15) is 48.5 Å². The van der Waals surface area contributed by atoms with Crippen LogP contribution in [0.4, 0.5) is 0 Å². The first kappa shape index (κ1) is 24.8. The maximum atomic E-state index is 13.4. The van der Waals surface area contributed by atoms with E-state index in [0.717, 1.165) is 19.5 Å². The number of thiophene rings is 1. The fraction of sp³-hybridized carbons (Fsp3) is 0.440. The lowest BCUT2D eigenvalue weighted by Gasteiger charge is -2.29. The van der Waals surface area contributed by atoms with Crippen molar-refractivity contribution in [1.82, 2.24) is 9.80 Å². The van der Waals surface area contributed by atoms with Gasteiger partial charge in [-0.2, -0.15) is 0 Å². The van der Waals surface area contributed by atoms with Crippen LogP contribution in [0.15, 0.2) is 47.0 Å². The molecule has 3 rings (SSSR count). The van der Waals surface area contributed by atoms with E-state index in [9.17, 15) is 14.7 Å². The van der Waals surface area contributed by atoms with Crippen molar-refractivity contribution in [3.63, 3.8) is 0 Å². The van der Waals surface area contributed by atoms with Gasteiger partial charge in [0.15, 0.2) is 17.3 Å². The van der Waals surface area contributed by atoms with Gasteiger partial charge < -0.3 is 24.4 Å². The number of Topliss-reactive ketones (excluding diaryl/α,β-unsaturated/α-hetero) is 1. The molecule has 1 atom stereocenters. The fourth-order valence-electron chi connectivity index (χ4n) is 3.98. The van der Waals surface area contributed by atoms with Gasteiger partial charge >= 0.3 is 0 Å². The third-order valence-corrected chi connectivity index (χ3v) is 6.68. The van der Waals surface area contributed by atoms with Gasteiger partial charge in [0.25, 0.3) is 5.91 Å². The average molecular weight is 473 g/mol. The summed E-state index contributed by atoms with van der Waals surface area (Å²) in [7, 11) is 1.56. The van der Waals surface area contributed by atoms with Crippen molar-refractivity contribution in [3.8, 4) is 11.5 Å². The molecule has 0 spiro atoms. The van der Waals surface area contributed by atoms with E-state index < -0.39 is 17.7 Å². The summed E-state index contributed by atoms with van der Waals surface area (Å²) < 4.78 is 11.3. The highest BCUT2D eigenvalue weighted by Crippen LogP contribution is 2.42. The number of rotatable bonds is 12. The molecule has 0 bridgehead atoms. The number of aliphatic hydroxyl groups excluding tert-OH is 1. The van der Waals surface area contributed by atoms with Crippen LogP contribution in [0.25, 0.3) is 0 Å². The smallest absolute Gasteiger partial charge is 0.290 e. The van der Waals surface area contributed by atoms with Crippen LogP contribution >= 0.6 is 11.3 Å². The normalized spacial score (nSPS) is 16.1. The first-order valence-electron chi connectivity index (χ1n) is 11.3. The van der Waals surface area contributed by atoms with Crippen molar-refractivity contribution in [3.05, 3.63) is 57.5 Å². The molecule has 1 N–H and O–H groups in total. The predicted octanol–water partition coefficient (Wildman–Crippen LogP) is 4.47. The van der Waals surface area contributed by atoms with Gasteiger partial charge in [-0.25, -0.2) is 0 Å². The zero-order valence-corrected chi connectivity index (χ0v) is 20.5. The van der Waals surface area contributed by atoms with E-state index in [1.807, 2.05) is 13.0 Å². The maximum absolute atomic E-state index is 13.4. The van der Waals surface area contributed by atoms with Crippen molar-refractivity contribution in [2.75, 3.05) is 39.9 Å². The number of carbonyl (C=O) groups is 2. The quantitative estimate of drug-likeness (QED) is 0.459. The summed E-state index contributed by atoms with van der Waals surface area (Å²) >= 11 is 1.29. The number of nitrogens with zero attached hydrogens (tertiary/aromatic N) is 2. The highest BCUT2D eigenvalue weighted by atomic mass is 32.1.